The van der Waals surface area contributed by atoms with Gasteiger partial charge >= 0.3 is 0 Å². The lowest BCUT2D eigenvalue weighted by atomic mass is 10.2. The number of hydrogen-bond acceptors (Lipinski definition) is 5. The van der Waals surface area contributed by atoms with Gasteiger partial charge in [-0.2, -0.15) is 0 Å². The molecule has 0 aliphatic carbocycles. The smallest absolute Gasteiger partial charge is 0.270 e. The number of sulfonamides is 1. The van der Waals surface area contributed by atoms with E-state index in [2.05, 4.69) is 4.72 Å². The molecule has 8 heteroatoms. The number of ether oxygens (including phenoxy) is 1. The summed E-state index contributed by atoms with van der Waals surface area (Å²) in [6.45, 7) is 0.354. The highest BCUT2D eigenvalue weighted by molar-refractivity contribution is 7.92. The Labute approximate surface area is 127 Å². The first kappa shape index (κ1) is 15.9. The van der Waals surface area contributed by atoms with E-state index in [0.717, 1.165) is 11.6 Å². The van der Waals surface area contributed by atoms with Crippen molar-refractivity contribution in [1.29, 1.82) is 0 Å². The number of rotatable bonds is 6. The topological polar surface area (TPSA) is 98.5 Å². The van der Waals surface area contributed by atoms with E-state index in [-0.39, 0.29) is 10.6 Å². The summed E-state index contributed by atoms with van der Waals surface area (Å²) in [6, 6.07) is 11.6. The molecule has 1 N–H and O–H groups in total. The quantitative estimate of drug-likeness (QED) is 0.651. The number of non-ortho nitro benzene ring substituents is 1. The Morgan fingerprint density at radius 2 is 1.91 bits per heavy atom. The van der Waals surface area contributed by atoms with Gasteiger partial charge in [-0.05, 0) is 23.8 Å². The molecule has 0 amide bonds. The average Bonchev–Trinajstić information content (AvgIpc) is 2.47. The van der Waals surface area contributed by atoms with Crippen LogP contribution in [0.2, 0.25) is 0 Å². The molecule has 0 aliphatic rings. The fraction of sp³-hybridized carbons (Fsp3) is 0.143. The Bertz CT molecular complexity index is 789. The van der Waals surface area contributed by atoms with Crippen LogP contribution in [0.25, 0.3) is 0 Å². The number of methoxy groups -OCH3 is 1. The predicted molar refractivity (Wildman–Crippen MR) is 81.1 cm³/mol. The van der Waals surface area contributed by atoms with Crippen molar-refractivity contribution < 1.29 is 18.1 Å². The van der Waals surface area contributed by atoms with E-state index in [1.54, 1.807) is 31.4 Å². The summed E-state index contributed by atoms with van der Waals surface area (Å²) in [5.41, 5.74) is 0.888. The molecule has 0 aromatic heterocycles. The summed E-state index contributed by atoms with van der Waals surface area (Å²) < 4.78 is 31.9. The number of nitrogens with zero attached hydrogens (tertiary/aromatic N) is 1. The molecule has 2 aromatic rings. The van der Waals surface area contributed by atoms with E-state index in [0.29, 0.717) is 12.3 Å². The highest BCUT2D eigenvalue weighted by Gasteiger charge is 2.17. The van der Waals surface area contributed by atoms with Gasteiger partial charge in [-0.15, -0.1) is 0 Å². The van der Waals surface area contributed by atoms with Crippen LogP contribution in [0.4, 0.5) is 11.4 Å². The van der Waals surface area contributed by atoms with Gasteiger partial charge in [0.15, 0.2) is 0 Å². The number of benzene rings is 2. The molecular formula is C14H14N2O5S. The zero-order valence-corrected chi connectivity index (χ0v) is 12.5. The van der Waals surface area contributed by atoms with Crippen molar-refractivity contribution in [2.75, 3.05) is 11.8 Å². The molecular weight excluding hydrogens is 308 g/mol. The number of nitro groups is 1. The summed E-state index contributed by atoms with van der Waals surface area (Å²) in [7, 11) is -2.35. The maximum absolute atomic E-state index is 12.3. The first-order valence-electron chi connectivity index (χ1n) is 6.27. The Kier molecular flexibility index (Phi) is 4.74. The van der Waals surface area contributed by atoms with Gasteiger partial charge in [-0.3, -0.25) is 14.8 Å². The molecule has 2 rings (SSSR count). The summed E-state index contributed by atoms with van der Waals surface area (Å²) in [5.74, 6) is 0. The van der Waals surface area contributed by atoms with Gasteiger partial charge in [0.25, 0.3) is 15.7 Å². The third kappa shape index (κ3) is 3.80. The fourth-order valence-corrected chi connectivity index (χ4v) is 2.96. The van der Waals surface area contributed by atoms with Crippen LogP contribution < -0.4 is 4.72 Å². The van der Waals surface area contributed by atoms with E-state index in [4.69, 9.17) is 4.74 Å². The lowest BCUT2D eigenvalue weighted by Crippen LogP contribution is -2.13. The van der Waals surface area contributed by atoms with E-state index < -0.39 is 14.9 Å². The van der Waals surface area contributed by atoms with Crippen LogP contribution in [0.3, 0.4) is 0 Å². The predicted octanol–water partition coefficient (Wildman–Crippen LogP) is 2.54. The van der Waals surface area contributed by atoms with E-state index in [9.17, 15) is 18.5 Å². The Hall–Kier alpha value is -2.45. The Balaban J connectivity index is 2.29. The Morgan fingerprint density at radius 3 is 2.59 bits per heavy atom. The fourth-order valence-electron chi connectivity index (χ4n) is 1.87. The summed E-state index contributed by atoms with van der Waals surface area (Å²) in [6.07, 6.45) is 0. The van der Waals surface area contributed by atoms with Crippen LogP contribution in [-0.2, 0) is 21.4 Å². The summed E-state index contributed by atoms with van der Waals surface area (Å²) in [4.78, 5) is 9.92. The van der Waals surface area contributed by atoms with Crippen LogP contribution in [-0.4, -0.2) is 20.5 Å². The molecule has 7 nitrogen and oxygen atoms in total. The standard InChI is InChI=1S/C14H14N2O5S/c1-21-10-11-4-2-5-12(8-11)15-22(19,20)14-7-3-6-13(9-14)16(17)18/h2-9,15H,10H2,1H3. The largest absolute Gasteiger partial charge is 0.380 e. The minimum Gasteiger partial charge on any atom is -0.380 e. The third-order valence-electron chi connectivity index (χ3n) is 2.83. The zero-order chi connectivity index (χ0) is 16.2. The van der Waals surface area contributed by atoms with Gasteiger partial charge < -0.3 is 4.74 Å². The first-order chi connectivity index (χ1) is 10.4. The van der Waals surface area contributed by atoms with Crippen LogP contribution >= 0.6 is 0 Å². The van der Waals surface area contributed by atoms with Crippen molar-refractivity contribution >= 4 is 21.4 Å². The molecule has 22 heavy (non-hydrogen) atoms. The van der Waals surface area contributed by atoms with Crippen molar-refractivity contribution in [2.45, 2.75) is 11.5 Å². The van der Waals surface area contributed by atoms with Gasteiger partial charge in [-0.25, -0.2) is 8.42 Å². The number of anilines is 1. The Morgan fingerprint density at radius 1 is 1.18 bits per heavy atom. The maximum atomic E-state index is 12.3. The van der Waals surface area contributed by atoms with E-state index in [1.165, 1.54) is 18.2 Å². The molecule has 0 aliphatic heterocycles. The molecule has 0 heterocycles. The molecule has 0 radical (unpaired) electrons. The first-order valence-corrected chi connectivity index (χ1v) is 7.76. The lowest BCUT2D eigenvalue weighted by Gasteiger charge is -2.09. The van der Waals surface area contributed by atoms with Gasteiger partial charge in [0.1, 0.15) is 0 Å². The van der Waals surface area contributed by atoms with Crippen LogP contribution in [0.1, 0.15) is 5.56 Å². The van der Waals surface area contributed by atoms with Crippen molar-refractivity contribution in [1.82, 2.24) is 0 Å². The number of hydrogen-bond donors (Lipinski definition) is 1. The van der Waals surface area contributed by atoms with Crippen molar-refractivity contribution in [2.24, 2.45) is 0 Å². The van der Waals surface area contributed by atoms with E-state index >= 15 is 0 Å². The second-order valence-corrected chi connectivity index (χ2v) is 6.18. The van der Waals surface area contributed by atoms with Gasteiger partial charge in [0.05, 0.1) is 16.4 Å². The minimum absolute atomic E-state index is 0.168. The minimum atomic E-state index is -3.90. The second-order valence-electron chi connectivity index (χ2n) is 4.49. The monoisotopic (exact) mass is 322 g/mol. The van der Waals surface area contributed by atoms with Crippen molar-refractivity contribution in [3.63, 3.8) is 0 Å². The van der Waals surface area contributed by atoms with Gasteiger partial charge in [-0.1, -0.05) is 18.2 Å². The summed E-state index contributed by atoms with van der Waals surface area (Å²) in [5, 5.41) is 10.7. The molecule has 0 spiro atoms. The molecule has 116 valence electrons. The molecule has 0 saturated heterocycles. The molecule has 0 atom stereocenters. The van der Waals surface area contributed by atoms with Crippen molar-refractivity contribution in [3.05, 3.63) is 64.2 Å². The number of nitrogens with one attached hydrogen (secondary N) is 1. The second kappa shape index (κ2) is 6.54. The third-order valence-corrected chi connectivity index (χ3v) is 4.21. The molecule has 2 aromatic carbocycles. The van der Waals surface area contributed by atoms with Crippen LogP contribution in [0, 0.1) is 10.1 Å². The van der Waals surface area contributed by atoms with Gasteiger partial charge in [0.2, 0.25) is 0 Å². The lowest BCUT2D eigenvalue weighted by molar-refractivity contribution is -0.385. The van der Waals surface area contributed by atoms with Crippen LogP contribution in [0.5, 0.6) is 0 Å². The van der Waals surface area contributed by atoms with Gasteiger partial charge in [0, 0.05) is 24.9 Å². The highest BCUT2D eigenvalue weighted by Crippen LogP contribution is 2.21. The molecule has 0 saturated carbocycles. The normalized spacial score (nSPS) is 11.1. The molecule has 0 unspecified atom stereocenters. The number of nitro benzene ring substituents is 1. The summed E-state index contributed by atoms with van der Waals surface area (Å²) >= 11 is 0. The van der Waals surface area contributed by atoms with Crippen LogP contribution in [0.15, 0.2) is 53.4 Å². The molecule has 0 bridgehead atoms. The van der Waals surface area contributed by atoms with E-state index in [1.807, 2.05) is 0 Å². The SMILES string of the molecule is COCc1cccc(NS(=O)(=O)c2cccc([N+](=O)[O-])c2)c1. The van der Waals surface area contributed by atoms with Crippen molar-refractivity contribution in [3.8, 4) is 0 Å². The maximum Gasteiger partial charge on any atom is 0.270 e. The average molecular weight is 322 g/mol. The molecule has 0 fully saturated rings. The highest BCUT2D eigenvalue weighted by atomic mass is 32.2. The zero-order valence-electron chi connectivity index (χ0n) is 11.7.